The molecule has 0 saturated carbocycles. The zero-order valence-electron chi connectivity index (χ0n) is 19.0. The second-order valence-electron chi connectivity index (χ2n) is 7.73. The van der Waals surface area contributed by atoms with Gasteiger partial charge in [0, 0.05) is 25.3 Å². The van der Waals surface area contributed by atoms with Crippen molar-refractivity contribution >= 4 is 24.7 Å². The number of ether oxygens (including phenoxy) is 3. The van der Waals surface area contributed by atoms with Crippen LogP contribution in [-0.2, 0) is 41.7 Å². The summed E-state index contributed by atoms with van der Waals surface area (Å²) >= 11 is 5.02. The Balaban J connectivity index is 1.79. The second kappa shape index (κ2) is 12.5. The van der Waals surface area contributed by atoms with E-state index in [2.05, 4.69) is 4.98 Å². The van der Waals surface area contributed by atoms with Crippen molar-refractivity contribution in [1.82, 2.24) is 9.55 Å². The molecule has 1 fully saturated rings. The monoisotopic (exact) mass is 529 g/mol. The highest BCUT2D eigenvalue weighted by molar-refractivity contribution is 8.07. The number of aromatic nitrogens is 2. The molecular formula is C21H28N3O9PS. The molecule has 192 valence electrons. The van der Waals surface area contributed by atoms with E-state index in [1.807, 2.05) is 18.2 Å². The van der Waals surface area contributed by atoms with Crippen molar-refractivity contribution in [2.75, 3.05) is 20.3 Å². The van der Waals surface area contributed by atoms with E-state index < -0.39 is 48.5 Å². The summed E-state index contributed by atoms with van der Waals surface area (Å²) in [5, 5.41) is 0. The summed E-state index contributed by atoms with van der Waals surface area (Å²) in [7, 11) is 1.21. The normalized spacial score (nSPS) is 23.5. The van der Waals surface area contributed by atoms with Crippen LogP contribution in [0.2, 0.25) is 0 Å². The number of nitrogens with zero attached hydrogens (tertiary/aromatic N) is 1. The molecule has 1 aromatic carbocycles. The van der Waals surface area contributed by atoms with Gasteiger partial charge in [-0.15, -0.1) is 0 Å². The highest BCUT2D eigenvalue weighted by atomic mass is 32.5. The molecule has 4 N–H and O–H groups in total. The molecule has 0 spiro atoms. The van der Waals surface area contributed by atoms with Crippen molar-refractivity contribution in [1.29, 1.82) is 0 Å². The molecule has 35 heavy (non-hydrogen) atoms. The maximum Gasteiger partial charge on any atom is 0.508 e. The molecule has 0 aliphatic carbocycles. The maximum atomic E-state index is 12.5. The van der Waals surface area contributed by atoms with Crippen LogP contribution in [0.5, 0.6) is 0 Å². The Morgan fingerprint density at radius 1 is 1.26 bits per heavy atom. The van der Waals surface area contributed by atoms with Crippen LogP contribution < -0.4 is 17.0 Å². The lowest BCUT2D eigenvalue weighted by Crippen LogP contribution is -2.36. The molecule has 2 aromatic rings. The Bertz CT molecular complexity index is 1140. The molecule has 12 nitrogen and oxygen atoms in total. The summed E-state index contributed by atoms with van der Waals surface area (Å²) < 4.78 is 28.2. The molecule has 1 aliphatic rings. The van der Waals surface area contributed by atoms with Gasteiger partial charge in [-0.3, -0.25) is 14.3 Å². The van der Waals surface area contributed by atoms with Crippen LogP contribution in [0, 0.1) is 5.92 Å². The lowest BCUT2D eigenvalue weighted by molar-refractivity contribution is -0.0595. The molecular weight excluding hydrogens is 501 g/mol. The van der Waals surface area contributed by atoms with Crippen LogP contribution in [0.15, 0.2) is 52.2 Å². The van der Waals surface area contributed by atoms with Gasteiger partial charge in [-0.05, 0) is 36.8 Å². The van der Waals surface area contributed by atoms with Crippen molar-refractivity contribution in [3.63, 3.8) is 0 Å². The second-order valence-corrected chi connectivity index (χ2v) is 10.6. The number of carbonyl (C=O) groups excluding carboxylic acids is 1. The Hall–Kier alpha value is -2.38. The predicted octanol–water partition coefficient (Wildman–Crippen LogP) is 1.39. The molecule has 1 aliphatic heterocycles. The molecule has 1 aromatic heterocycles. The van der Waals surface area contributed by atoms with Gasteiger partial charge in [-0.2, -0.15) is 0 Å². The molecule has 0 radical (unpaired) electrons. The number of aromatic amines is 1. The van der Waals surface area contributed by atoms with Gasteiger partial charge in [0.15, 0.2) is 0 Å². The molecule has 5 atom stereocenters. The number of carbonyl (C=O) groups is 1. The predicted molar refractivity (Wildman–Crippen MR) is 128 cm³/mol. The highest BCUT2D eigenvalue weighted by Crippen LogP contribution is 2.50. The Morgan fingerprint density at radius 2 is 2.00 bits per heavy atom. The fraction of sp³-hybridized carbons (Fsp3) is 0.476. The molecule has 0 bridgehead atoms. The first kappa shape index (κ1) is 27.2. The Labute approximate surface area is 206 Å². The maximum absolute atomic E-state index is 12.5. The van der Waals surface area contributed by atoms with Gasteiger partial charge in [0.2, 0.25) is 0 Å². The van der Waals surface area contributed by atoms with Crippen LogP contribution >= 0.6 is 6.72 Å². The zero-order valence-corrected chi connectivity index (χ0v) is 20.7. The minimum Gasteiger partial charge on any atom is -0.431 e. The number of hydrogen-bond donors (Lipinski definition) is 3. The minimum absolute atomic E-state index is 0.0146. The van der Waals surface area contributed by atoms with E-state index in [1.165, 1.54) is 23.9 Å². The third-order valence-electron chi connectivity index (χ3n) is 5.39. The average Bonchev–Trinajstić information content (AvgIpc) is 3.16. The third-order valence-corrected chi connectivity index (χ3v) is 7.06. The quantitative estimate of drug-likeness (QED) is 0.285. The summed E-state index contributed by atoms with van der Waals surface area (Å²) in [6.07, 6.45) is -1.45. The molecule has 1 saturated heterocycles. The fourth-order valence-corrected chi connectivity index (χ4v) is 4.72. The Kier molecular flexibility index (Phi) is 9.75. The first-order valence-corrected chi connectivity index (χ1v) is 13.4. The number of nitrogens with two attached hydrogens (primary N) is 1. The largest absolute Gasteiger partial charge is 0.508 e. The Morgan fingerprint density at radius 3 is 2.66 bits per heavy atom. The lowest BCUT2D eigenvalue weighted by Gasteiger charge is -2.27. The van der Waals surface area contributed by atoms with E-state index in [-0.39, 0.29) is 13.2 Å². The highest BCUT2D eigenvalue weighted by Gasteiger charge is 2.48. The topological polar surface area (TPSA) is 164 Å². The van der Waals surface area contributed by atoms with Gasteiger partial charge >= 0.3 is 18.6 Å². The SMILES string of the molecule is COP(O)(=S)O[C@@H]1C(CCCN)[C@H](n2ccc(=O)[nH]c2=O)O[C@@H]1COC(=O)OCc1ccccc1. The summed E-state index contributed by atoms with van der Waals surface area (Å²) in [6, 6.07) is 10.2. The number of nitrogens with one attached hydrogen (secondary N) is 1. The van der Waals surface area contributed by atoms with Gasteiger partial charge in [0.1, 0.15) is 31.6 Å². The van der Waals surface area contributed by atoms with E-state index in [9.17, 15) is 19.3 Å². The number of rotatable bonds is 11. The first-order valence-electron chi connectivity index (χ1n) is 10.8. The molecule has 2 heterocycles. The number of H-pyrrole nitrogens is 1. The van der Waals surface area contributed by atoms with Gasteiger partial charge in [0.25, 0.3) is 5.56 Å². The van der Waals surface area contributed by atoms with Crippen LogP contribution in [-0.4, -0.2) is 53.1 Å². The zero-order chi connectivity index (χ0) is 25.4. The minimum atomic E-state index is -3.66. The van der Waals surface area contributed by atoms with Gasteiger partial charge in [-0.25, -0.2) is 9.59 Å². The van der Waals surface area contributed by atoms with Crippen molar-refractivity contribution in [3.05, 3.63) is 69.0 Å². The molecule has 0 amide bonds. The van der Waals surface area contributed by atoms with Gasteiger partial charge in [0.05, 0.1) is 0 Å². The summed E-state index contributed by atoms with van der Waals surface area (Å²) in [4.78, 5) is 48.7. The van der Waals surface area contributed by atoms with Crippen molar-refractivity contribution in [2.24, 2.45) is 11.7 Å². The van der Waals surface area contributed by atoms with Crippen LogP contribution in [0.3, 0.4) is 0 Å². The van der Waals surface area contributed by atoms with E-state index in [4.69, 9.17) is 40.8 Å². The summed E-state index contributed by atoms with van der Waals surface area (Å²) in [6.45, 7) is -3.61. The smallest absolute Gasteiger partial charge is 0.431 e. The first-order chi connectivity index (χ1) is 16.7. The van der Waals surface area contributed by atoms with Crippen LogP contribution in [0.1, 0.15) is 24.6 Å². The fourth-order valence-electron chi connectivity index (χ4n) is 3.74. The summed E-state index contributed by atoms with van der Waals surface area (Å²) in [5.41, 5.74) is 5.20. The van der Waals surface area contributed by atoms with Crippen molar-refractivity contribution in [2.45, 2.75) is 37.9 Å². The van der Waals surface area contributed by atoms with Crippen molar-refractivity contribution in [3.8, 4) is 0 Å². The van der Waals surface area contributed by atoms with E-state index >= 15 is 0 Å². The number of benzene rings is 1. The number of hydrogen-bond acceptors (Lipinski definition) is 10. The standard InChI is InChI=1S/C21H28N3O9PS/c1-29-34(28,35)33-18-15(8-5-10-22)19(24-11-9-17(25)23-20(24)26)32-16(18)13-31-21(27)30-12-14-6-3-2-4-7-14/h2-4,6-7,9,11,15-16,18-19H,5,8,10,12-13,22H2,1H3,(H,28,35)(H,23,25,26)/t15?,16-,18-,19-,34?/m1/s1. The molecule has 3 rings (SSSR count). The van der Waals surface area contributed by atoms with E-state index in [0.717, 1.165) is 5.56 Å². The van der Waals surface area contributed by atoms with Gasteiger partial charge < -0.3 is 33.9 Å². The van der Waals surface area contributed by atoms with Crippen LogP contribution in [0.25, 0.3) is 0 Å². The van der Waals surface area contributed by atoms with E-state index in [1.54, 1.807) is 12.1 Å². The van der Waals surface area contributed by atoms with Crippen LogP contribution in [0.4, 0.5) is 4.79 Å². The molecule has 14 heteroatoms. The summed E-state index contributed by atoms with van der Waals surface area (Å²) in [5.74, 6) is -0.541. The van der Waals surface area contributed by atoms with E-state index in [0.29, 0.717) is 19.4 Å². The molecule has 2 unspecified atom stereocenters. The lowest BCUT2D eigenvalue weighted by atomic mass is 9.94. The van der Waals surface area contributed by atoms with Crippen molar-refractivity contribution < 1.29 is 32.9 Å². The average molecular weight is 530 g/mol. The third kappa shape index (κ3) is 7.55. The van der Waals surface area contributed by atoms with Gasteiger partial charge in [-0.1, -0.05) is 30.3 Å².